The number of aliphatic hydroxyl groups excluding tert-OH is 2. The molecular formula is C64H74N4O19. The Balaban J connectivity index is 1.18. The van der Waals surface area contributed by atoms with Crippen LogP contribution in [-0.4, -0.2) is 142 Å². The Labute approximate surface area is 502 Å². The first kappa shape index (κ1) is 64.8. The molecule has 1 aliphatic heterocycles. The van der Waals surface area contributed by atoms with Crippen LogP contribution in [-0.2, 0) is 68.5 Å². The van der Waals surface area contributed by atoms with Gasteiger partial charge in [-0.2, -0.15) is 0 Å². The quantitative estimate of drug-likeness (QED) is 0.0181. The molecule has 1 heterocycles. The third-order valence-electron chi connectivity index (χ3n) is 17.2. The summed E-state index contributed by atoms with van der Waals surface area (Å²) in [6, 6.07) is 26.0. The second kappa shape index (κ2) is 26.4. The number of rotatable bonds is 22. The number of aliphatic hydroxyl groups is 3. The summed E-state index contributed by atoms with van der Waals surface area (Å²) in [5.74, 6) is -9.18. The minimum Gasteiger partial charge on any atom is -0.455 e. The maximum atomic E-state index is 15.9. The molecule has 2 bridgehead atoms. The number of nitrogens with two attached hydrogens (primary N) is 1. The normalized spacial score (nSPS) is 26.7. The van der Waals surface area contributed by atoms with Crippen molar-refractivity contribution in [1.29, 1.82) is 0 Å². The molecule has 2 saturated carbocycles. The number of carbonyl (C=O) groups excluding carboxylic acids is 9. The average Bonchev–Trinajstić information content (AvgIpc) is 0.678. The van der Waals surface area contributed by atoms with Gasteiger partial charge in [0.25, 0.3) is 5.91 Å². The first-order chi connectivity index (χ1) is 41.2. The van der Waals surface area contributed by atoms with E-state index in [2.05, 4.69) is 16.2 Å². The van der Waals surface area contributed by atoms with E-state index < -0.39 is 156 Å². The number of hydrogen-bond acceptors (Lipinski definition) is 22. The van der Waals surface area contributed by atoms with Crippen LogP contribution in [0.2, 0.25) is 0 Å². The first-order valence-corrected chi connectivity index (χ1v) is 28.6. The molecule has 1 amide bonds. The molecule has 4 aliphatic rings. The van der Waals surface area contributed by atoms with Gasteiger partial charge in [0.2, 0.25) is 17.7 Å². The largest absolute Gasteiger partial charge is 0.509 e. The molecule has 4 aromatic carbocycles. The first-order valence-electron chi connectivity index (χ1n) is 28.6. The summed E-state index contributed by atoms with van der Waals surface area (Å²) in [6.07, 6.45) is -12.5. The average molecular weight is 1200 g/mol. The van der Waals surface area contributed by atoms with Crippen molar-refractivity contribution in [3.05, 3.63) is 149 Å². The number of hydrogen-bond donors (Lipinski definition) is 7. The fourth-order valence-corrected chi connectivity index (χ4v) is 12.6. The Morgan fingerprint density at radius 2 is 1.40 bits per heavy atom. The highest BCUT2D eigenvalue weighted by Gasteiger charge is 2.78. The number of nitrogens with one attached hydrogen (secondary N) is 3. The number of hydrazine groups is 1. The summed E-state index contributed by atoms with van der Waals surface area (Å²) in [4.78, 5) is 126. The molecule has 3 aliphatic carbocycles. The Morgan fingerprint density at radius 1 is 0.793 bits per heavy atom. The van der Waals surface area contributed by atoms with Gasteiger partial charge in [0.15, 0.2) is 17.5 Å². The molecular weight excluding hydrogens is 1130 g/mol. The van der Waals surface area contributed by atoms with E-state index in [1.54, 1.807) is 91.0 Å². The lowest BCUT2D eigenvalue weighted by atomic mass is 9.44. The molecule has 1 saturated heterocycles. The lowest BCUT2D eigenvalue weighted by molar-refractivity contribution is -0.346. The third-order valence-corrected chi connectivity index (χ3v) is 17.2. The monoisotopic (exact) mass is 1200 g/mol. The number of anilines is 1. The molecule has 464 valence electrons. The lowest BCUT2D eigenvalue weighted by Gasteiger charge is -2.67. The minimum atomic E-state index is -2.54. The molecule has 87 heavy (non-hydrogen) atoms. The molecule has 4 aromatic rings. The minimum absolute atomic E-state index is 0.0107. The Hall–Kier alpha value is -8.19. The van der Waals surface area contributed by atoms with Crippen LogP contribution in [0.25, 0.3) is 0 Å². The van der Waals surface area contributed by atoms with Gasteiger partial charge in [-0.05, 0) is 84.9 Å². The number of carbonyl (C=O) groups is 9. The van der Waals surface area contributed by atoms with Gasteiger partial charge in [-0.3, -0.25) is 28.8 Å². The van der Waals surface area contributed by atoms with Crippen LogP contribution in [0.1, 0.15) is 113 Å². The number of ketones is 3. The SMILES string of the molecule is CC(=O)O[C@H]1C(=O)[C@@]2(C)C([C@H](OC(=O)c3ccccc3)[C@]3(O)C[C@H](OC(=O)[C@H](OC(=O)OCc4ccc(NN[C@@H](CC(C)C)C(=O)C(=O)[C@@H](N)CO)cc4)[C@@H](NC(=O)c4ccccc4)c4ccccc4)C(C)=C1C3(C)C)[C@]1(OC(C)=O)CO[C@@H]1C[C@@H]2O. The summed E-state index contributed by atoms with van der Waals surface area (Å²) >= 11 is 0. The van der Waals surface area contributed by atoms with Crippen LogP contribution >= 0.6 is 0 Å². The van der Waals surface area contributed by atoms with Gasteiger partial charge >= 0.3 is 30.0 Å². The van der Waals surface area contributed by atoms with Crippen LogP contribution in [0, 0.1) is 22.7 Å². The van der Waals surface area contributed by atoms with Crippen molar-refractivity contribution in [2.24, 2.45) is 28.4 Å². The molecule has 0 aromatic heterocycles. The fourth-order valence-electron chi connectivity index (χ4n) is 12.6. The van der Waals surface area contributed by atoms with Crippen molar-refractivity contribution < 1.29 is 91.6 Å². The molecule has 3 fully saturated rings. The highest BCUT2D eigenvalue weighted by Crippen LogP contribution is 2.64. The Kier molecular flexibility index (Phi) is 19.7. The van der Waals surface area contributed by atoms with Crippen molar-refractivity contribution in [1.82, 2.24) is 10.7 Å². The Morgan fingerprint density at radius 3 is 1.97 bits per heavy atom. The van der Waals surface area contributed by atoms with Crippen molar-refractivity contribution in [2.75, 3.05) is 18.6 Å². The summed E-state index contributed by atoms with van der Waals surface area (Å²) in [7, 11) is 0. The van der Waals surface area contributed by atoms with Crippen LogP contribution < -0.4 is 21.9 Å². The molecule has 1 unspecified atom stereocenters. The number of fused-ring (bicyclic) bond motifs is 5. The second-order valence-electron chi connectivity index (χ2n) is 23.7. The smallest absolute Gasteiger partial charge is 0.455 e. The van der Waals surface area contributed by atoms with Gasteiger partial charge in [0.05, 0.1) is 48.3 Å². The molecule has 23 heteroatoms. The van der Waals surface area contributed by atoms with E-state index in [-0.39, 0.29) is 53.2 Å². The number of amides is 1. The second-order valence-corrected chi connectivity index (χ2v) is 23.7. The van der Waals surface area contributed by atoms with Gasteiger partial charge in [-0.15, -0.1) is 0 Å². The predicted molar refractivity (Wildman–Crippen MR) is 308 cm³/mol. The maximum Gasteiger partial charge on any atom is 0.509 e. The fraction of sp³-hybridized carbons (Fsp3) is 0.453. The van der Waals surface area contributed by atoms with Crippen molar-refractivity contribution in [3.8, 4) is 0 Å². The number of ether oxygens (including phenoxy) is 7. The standard InChI is InChI=1S/C64H74N4O19/c1-34(2)28-44(51(74)50(73)43(65)31-69)68-67-42-26-24-38(25-27-42)32-81-60(79)85-53(49(39-18-12-9-13-19-39)66-57(76)40-20-14-10-15-21-40)59(78)84-45-30-64(80)56(86-58(77)41-22-16-11-17-23-41)54-62(8,46(72)29-47-63(54,33-82-47)87-37(5)71)55(75)52(83-36(4)70)48(35(45)3)61(64,6)7/h9-27,34,43-47,49,52-54,56,67-69,72,80H,28-33,65H2,1-8H3,(H,66,76)/t43-,44-,45-,46-,47+,49-,52+,53+,54?,56-,62+,63-,64+/m0/s1. The van der Waals surface area contributed by atoms with Crippen LogP contribution in [0.3, 0.4) is 0 Å². The number of esters is 4. The van der Waals surface area contributed by atoms with Crippen LogP contribution in [0.5, 0.6) is 0 Å². The zero-order valence-electron chi connectivity index (χ0n) is 49.5. The Bertz CT molecular complexity index is 3270. The van der Waals surface area contributed by atoms with Gasteiger partial charge in [-0.25, -0.2) is 19.8 Å². The van der Waals surface area contributed by atoms with Gasteiger partial charge in [0.1, 0.15) is 36.6 Å². The summed E-state index contributed by atoms with van der Waals surface area (Å²) in [6.45, 7) is 10.3. The predicted octanol–water partition coefficient (Wildman–Crippen LogP) is 4.89. The van der Waals surface area contributed by atoms with Crippen LogP contribution in [0.15, 0.2) is 126 Å². The van der Waals surface area contributed by atoms with E-state index in [9.17, 15) is 48.9 Å². The summed E-state index contributed by atoms with van der Waals surface area (Å²) in [5.41, 5.74) is 4.25. The van der Waals surface area contributed by atoms with E-state index in [1.165, 1.54) is 52.0 Å². The molecule has 23 nitrogen and oxygen atoms in total. The maximum absolute atomic E-state index is 15.9. The van der Waals surface area contributed by atoms with Crippen molar-refractivity contribution in [3.63, 3.8) is 0 Å². The molecule has 8 rings (SSSR count). The zero-order chi connectivity index (χ0) is 63.3. The van der Waals surface area contributed by atoms with Crippen LogP contribution in [0.4, 0.5) is 10.5 Å². The molecule has 8 N–H and O–H groups in total. The van der Waals surface area contributed by atoms with E-state index in [0.29, 0.717) is 11.3 Å². The number of Topliss-reactive ketones (excluding diaryl/α,β-unsaturated/α-hetero) is 3. The summed E-state index contributed by atoms with van der Waals surface area (Å²) in [5, 5.41) is 38.5. The highest BCUT2D eigenvalue weighted by molar-refractivity contribution is 6.41. The van der Waals surface area contributed by atoms with Gasteiger partial charge in [0, 0.05) is 43.4 Å². The van der Waals surface area contributed by atoms with Gasteiger partial charge < -0.3 is 65.0 Å². The van der Waals surface area contributed by atoms with E-state index in [0.717, 1.165) is 13.8 Å². The van der Waals surface area contributed by atoms with E-state index in [4.69, 9.17) is 38.9 Å². The highest BCUT2D eigenvalue weighted by atomic mass is 16.7. The van der Waals surface area contributed by atoms with E-state index in [1.807, 2.05) is 13.8 Å². The molecule has 0 radical (unpaired) electrons. The zero-order valence-corrected chi connectivity index (χ0v) is 49.5. The number of benzene rings is 4. The van der Waals surface area contributed by atoms with E-state index >= 15 is 9.59 Å². The molecule has 0 spiro atoms. The van der Waals surface area contributed by atoms with Crippen molar-refractivity contribution >= 4 is 59.0 Å². The lowest BCUT2D eigenvalue weighted by Crippen LogP contribution is -2.82. The topological polar surface area (TPSA) is 341 Å². The van der Waals surface area contributed by atoms with Gasteiger partial charge in [-0.1, -0.05) is 107 Å². The third kappa shape index (κ3) is 13.1. The summed E-state index contributed by atoms with van der Waals surface area (Å²) < 4.78 is 42.5. The molecule has 13 atom stereocenters. The van der Waals surface area contributed by atoms with Crippen molar-refractivity contribution in [2.45, 2.75) is 147 Å².